The third kappa shape index (κ3) is 4.09. The number of anilines is 1. The molecule has 0 heterocycles. The van der Waals surface area contributed by atoms with Crippen LogP contribution in [-0.4, -0.2) is 5.71 Å². The van der Waals surface area contributed by atoms with Crippen molar-refractivity contribution in [1.29, 1.82) is 0 Å². The lowest BCUT2D eigenvalue weighted by molar-refractivity contribution is 1.38. The van der Waals surface area contributed by atoms with Crippen LogP contribution in [0.4, 0.5) is 11.4 Å². The Balaban J connectivity index is 1.77. The second-order valence-electron chi connectivity index (χ2n) is 6.48. The molecule has 3 aromatic carbocycles. The van der Waals surface area contributed by atoms with Crippen LogP contribution in [0, 0.1) is 13.8 Å². The largest absolute Gasteiger partial charge is 0.355 e. The smallest absolute Gasteiger partial charge is 0.0662 e. The van der Waals surface area contributed by atoms with E-state index in [4.69, 9.17) is 4.99 Å². The predicted octanol–water partition coefficient (Wildman–Crippen LogP) is 6.53. The minimum Gasteiger partial charge on any atom is -0.355 e. The molecule has 2 heteroatoms. The van der Waals surface area contributed by atoms with Crippen LogP contribution in [0.15, 0.2) is 84.4 Å². The molecule has 0 unspecified atom stereocenters. The maximum Gasteiger partial charge on any atom is 0.0662 e. The van der Waals surface area contributed by atoms with E-state index in [1.807, 2.05) is 37.3 Å². The number of nitrogens with zero attached hydrogens (tertiary/aromatic N) is 1. The monoisotopic (exact) mass is 340 g/mol. The van der Waals surface area contributed by atoms with Crippen LogP contribution in [0.5, 0.6) is 0 Å². The van der Waals surface area contributed by atoms with Crippen LogP contribution in [0.2, 0.25) is 0 Å². The number of nitrogens with one attached hydrogen (secondary N) is 1. The van der Waals surface area contributed by atoms with Crippen molar-refractivity contribution >= 4 is 22.8 Å². The van der Waals surface area contributed by atoms with Gasteiger partial charge >= 0.3 is 0 Å². The van der Waals surface area contributed by atoms with Gasteiger partial charge in [-0.05, 0) is 55.2 Å². The highest BCUT2D eigenvalue weighted by Gasteiger charge is 2.04. The summed E-state index contributed by atoms with van der Waals surface area (Å²) in [5.41, 5.74) is 8.55. The summed E-state index contributed by atoms with van der Waals surface area (Å²) in [6.07, 6.45) is 0. The maximum absolute atomic E-state index is 4.76. The highest BCUT2D eigenvalue weighted by Crippen LogP contribution is 2.22. The van der Waals surface area contributed by atoms with Crippen LogP contribution >= 0.6 is 0 Å². The van der Waals surface area contributed by atoms with E-state index in [1.54, 1.807) is 0 Å². The molecule has 0 fully saturated rings. The molecule has 0 bridgehead atoms. The Morgan fingerprint density at radius 1 is 0.769 bits per heavy atom. The number of benzene rings is 3. The van der Waals surface area contributed by atoms with E-state index in [2.05, 4.69) is 68.2 Å². The molecular weight excluding hydrogens is 316 g/mol. The molecule has 26 heavy (non-hydrogen) atoms. The maximum atomic E-state index is 4.76. The lowest BCUT2D eigenvalue weighted by Gasteiger charge is -2.12. The lowest BCUT2D eigenvalue weighted by atomic mass is 10.1. The van der Waals surface area contributed by atoms with Crippen molar-refractivity contribution in [2.75, 3.05) is 5.32 Å². The van der Waals surface area contributed by atoms with Gasteiger partial charge in [0.25, 0.3) is 0 Å². The number of hydrogen-bond donors (Lipinski definition) is 1. The number of aliphatic imine (C=N–C) groups is 1. The van der Waals surface area contributed by atoms with Crippen molar-refractivity contribution in [3.05, 3.63) is 102 Å². The van der Waals surface area contributed by atoms with E-state index in [0.717, 1.165) is 33.9 Å². The van der Waals surface area contributed by atoms with E-state index in [-0.39, 0.29) is 0 Å². The molecule has 0 saturated carbocycles. The Labute approximate surface area is 155 Å². The van der Waals surface area contributed by atoms with Gasteiger partial charge in [-0.3, -0.25) is 4.99 Å². The first-order valence-electron chi connectivity index (χ1n) is 8.78. The summed E-state index contributed by atoms with van der Waals surface area (Å²) in [7, 11) is 0. The molecule has 0 spiro atoms. The van der Waals surface area contributed by atoms with E-state index in [1.165, 1.54) is 11.1 Å². The molecule has 0 aromatic heterocycles. The summed E-state index contributed by atoms with van der Waals surface area (Å²) < 4.78 is 0. The Bertz CT molecular complexity index is 950. The first-order chi connectivity index (χ1) is 12.5. The summed E-state index contributed by atoms with van der Waals surface area (Å²) in [6, 6.07) is 24.7. The Morgan fingerprint density at radius 2 is 1.35 bits per heavy atom. The Kier molecular flexibility index (Phi) is 5.33. The second-order valence-corrected chi connectivity index (χ2v) is 6.48. The number of para-hydroxylation sites is 2. The third-order valence-corrected chi connectivity index (χ3v) is 4.49. The van der Waals surface area contributed by atoms with E-state index in [0.29, 0.717) is 0 Å². The van der Waals surface area contributed by atoms with Gasteiger partial charge in [0.2, 0.25) is 0 Å². The summed E-state index contributed by atoms with van der Waals surface area (Å²) in [5, 5.41) is 3.40. The first kappa shape index (κ1) is 17.7. The van der Waals surface area contributed by atoms with Crippen molar-refractivity contribution in [2.45, 2.75) is 20.8 Å². The van der Waals surface area contributed by atoms with Gasteiger partial charge in [0, 0.05) is 17.1 Å². The molecule has 0 saturated heterocycles. The van der Waals surface area contributed by atoms with Crippen LogP contribution in [0.25, 0.3) is 5.70 Å². The van der Waals surface area contributed by atoms with E-state index in [9.17, 15) is 0 Å². The molecular formula is C24H24N2. The Hall–Kier alpha value is -3.13. The zero-order chi connectivity index (χ0) is 18.5. The normalized spacial score (nSPS) is 11.3. The standard InChI is InChI=1S/C24H24N2/c1-17-9-5-7-11-23(17)25-19(3)21-13-15-22(16-14-21)20(4)26-24-12-8-6-10-18(24)2/h5-16,25H,3H2,1-2,4H3/b26-20+. The van der Waals surface area contributed by atoms with Crippen molar-refractivity contribution in [1.82, 2.24) is 0 Å². The highest BCUT2D eigenvalue weighted by molar-refractivity contribution is 6.00. The summed E-state index contributed by atoms with van der Waals surface area (Å²) in [4.78, 5) is 4.76. The Morgan fingerprint density at radius 3 is 2.00 bits per heavy atom. The van der Waals surface area contributed by atoms with Gasteiger partial charge < -0.3 is 5.32 Å². The minimum absolute atomic E-state index is 0.888. The highest BCUT2D eigenvalue weighted by atomic mass is 14.9. The molecule has 130 valence electrons. The van der Waals surface area contributed by atoms with Crippen LogP contribution < -0.4 is 5.32 Å². The first-order valence-corrected chi connectivity index (χ1v) is 8.78. The number of hydrogen-bond acceptors (Lipinski definition) is 2. The zero-order valence-corrected chi connectivity index (χ0v) is 15.6. The fourth-order valence-corrected chi connectivity index (χ4v) is 2.79. The molecule has 3 rings (SSSR count). The SMILES string of the molecule is C=C(Nc1ccccc1C)c1ccc(/C(C)=N/c2ccccc2C)cc1. The molecule has 0 aliphatic carbocycles. The number of aryl methyl sites for hydroxylation is 2. The predicted molar refractivity (Wildman–Crippen MR) is 113 cm³/mol. The van der Waals surface area contributed by atoms with Gasteiger partial charge in [0.1, 0.15) is 0 Å². The van der Waals surface area contributed by atoms with Gasteiger partial charge in [-0.1, -0.05) is 67.2 Å². The fraction of sp³-hybridized carbons (Fsp3) is 0.125. The van der Waals surface area contributed by atoms with Crippen molar-refractivity contribution in [3.63, 3.8) is 0 Å². The van der Waals surface area contributed by atoms with E-state index < -0.39 is 0 Å². The molecule has 1 N–H and O–H groups in total. The molecule has 3 aromatic rings. The topological polar surface area (TPSA) is 24.4 Å². The van der Waals surface area contributed by atoms with Crippen molar-refractivity contribution < 1.29 is 0 Å². The van der Waals surface area contributed by atoms with Crippen LogP contribution in [0.3, 0.4) is 0 Å². The molecule has 0 aliphatic heterocycles. The average molecular weight is 340 g/mol. The van der Waals surface area contributed by atoms with Crippen LogP contribution in [0.1, 0.15) is 29.2 Å². The molecule has 2 nitrogen and oxygen atoms in total. The fourth-order valence-electron chi connectivity index (χ4n) is 2.79. The molecule has 0 aliphatic rings. The van der Waals surface area contributed by atoms with Crippen molar-refractivity contribution in [2.24, 2.45) is 4.99 Å². The molecule has 0 amide bonds. The van der Waals surface area contributed by atoms with Gasteiger partial charge in [-0.25, -0.2) is 0 Å². The summed E-state index contributed by atoms with van der Waals surface area (Å²) >= 11 is 0. The second kappa shape index (κ2) is 7.83. The summed E-state index contributed by atoms with van der Waals surface area (Å²) in [6.45, 7) is 10.4. The zero-order valence-electron chi connectivity index (χ0n) is 15.6. The molecule has 0 atom stereocenters. The van der Waals surface area contributed by atoms with Gasteiger partial charge in [0.15, 0.2) is 0 Å². The van der Waals surface area contributed by atoms with Gasteiger partial charge in [-0.15, -0.1) is 0 Å². The van der Waals surface area contributed by atoms with Gasteiger partial charge in [-0.2, -0.15) is 0 Å². The number of rotatable bonds is 5. The minimum atomic E-state index is 0.888. The van der Waals surface area contributed by atoms with Gasteiger partial charge in [0.05, 0.1) is 5.69 Å². The average Bonchev–Trinajstić information content (AvgIpc) is 2.65. The van der Waals surface area contributed by atoms with Crippen LogP contribution in [-0.2, 0) is 0 Å². The third-order valence-electron chi connectivity index (χ3n) is 4.49. The molecule has 0 radical (unpaired) electrons. The quantitative estimate of drug-likeness (QED) is 0.525. The lowest BCUT2D eigenvalue weighted by Crippen LogP contribution is -2.00. The van der Waals surface area contributed by atoms with E-state index >= 15 is 0 Å². The summed E-state index contributed by atoms with van der Waals surface area (Å²) in [5.74, 6) is 0. The van der Waals surface area contributed by atoms with Crippen molar-refractivity contribution in [3.8, 4) is 0 Å².